The van der Waals surface area contributed by atoms with Gasteiger partial charge < -0.3 is 19.6 Å². The summed E-state index contributed by atoms with van der Waals surface area (Å²) in [6.07, 6.45) is 0.528. The standard InChI is InChI=1S/C20H34N2O7/c1-18(2,3)28-17(26)21-19(4,5)12-13-27-20(6,7)11-10-16(25)29-22-14(23)8-9-15(22)24/h8-13H2,1-7H3,(H,21,26). The van der Waals surface area contributed by atoms with E-state index in [1.54, 1.807) is 20.8 Å². The molecule has 3 amide bonds. The smallest absolute Gasteiger partial charge is 0.408 e. The first-order valence-corrected chi connectivity index (χ1v) is 9.82. The zero-order valence-corrected chi connectivity index (χ0v) is 18.5. The topological polar surface area (TPSA) is 111 Å². The Balaban J connectivity index is 2.36. The predicted octanol–water partition coefficient (Wildman–Crippen LogP) is 2.86. The molecule has 1 N–H and O–H groups in total. The van der Waals surface area contributed by atoms with Gasteiger partial charge in [0.2, 0.25) is 0 Å². The van der Waals surface area contributed by atoms with Crippen LogP contribution in [-0.2, 0) is 28.7 Å². The minimum absolute atomic E-state index is 0.00358. The van der Waals surface area contributed by atoms with Crippen LogP contribution < -0.4 is 5.32 Å². The zero-order chi connectivity index (χ0) is 22.5. The van der Waals surface area contributed by atoms with Gasteiger partial charge in [0, 0.05) is 25.0 Å². The van der Waals surface area contributed by atoms with E-state index in [-0.39, 0.29) is 19.3 Å². The molecule has 1 aliphatic rings. The Labute approximate surface area is 172 Å². The molecule has 1 fully saturated rings. The second-order valence-corrected chi connectivity index (χ2v) is 9.41. The van der Waals surface area contributed by atoms with Crippen LogP contribution in [0.1, 0.15) is 80.6 Å². The van der Waals surface area contributed by atoms with Gasteiger partial charge in [-0.05, 0) is 61.3 Å². The van der Waals surface area contributed by atoms with Crippen LogP contribution >= 0.6 is 0 Å². The second kappa shape index (κ2) is 9.56. The predicted molar refractivity (Wildman–Crippen MR) is 105 cm³/mol. The maximum absolute atomic E-state index is 11.9. The molecule has 166 valence electrons. The highest BCUT2D eigenvalue weighted by Crippen LogP contribution is 2.21. The van der Waals surface area contributed by atoms with Gasteiger partial charge in [-0.25, -0.2) is 9.59 Å². The molecular formula is C20H34N2O7. The maximum Gasteiger partial charge on any atom is 0.408 e. The van der Waals surface area contributed by atoms with Gasteiger partial charge in [0.25, 0.3) is 11.8 Å². The van der Waals surface area contributed by atoms with Gasteiger partial charge >= 0.3 is 12.1 Å². The summed E-state index contributed by atoms with van der Waals surface area (Å²) >= 11 is 0. The number of ether oxygens (including phenoxy) is 2. The van der Waals surface area contributed by atoms with Crippen LogP contribution in [0, 0.1) is 0 Å². The van der Waals surface area contributed by atoms with Crippen molar-refractivity contribution in [2.24, 2.45) is 0 Å². The van der Waals surface area contributed by atoms with Crippen molar-refractivity contribution in [1.29, 1.82) is 0 Å². The molecule has 0 saturated carbocycles. The van der Waals surface area contributed by atoms with E-state index >= 15 is 0 Å². The highest BCUT2D eigenvalue weighted by molar-refractivity contribution is 6.01. The lowest BCUT2D eigenvalue weighted by molar-refractivity contribution is -0.198. The quantitative estimate of drug-likeness (QED) is 0.577. The molecule has 1 aliphatic heterocycles. The second-order valence-electron chi connectivity index (χ2n) is 9.41. The first kappa shape index (κ1) is 24.9. The minimum atomic E-state index is -0.655. The maximum atomic E-state index is 11.9. The van der Waals surface area contributed by atoms with Crippen LogP contribution in [0.3, 0.4) is 0 Å². The fourth-order valence-corrected chi connectivity index (χ4v) is 2.51. The van der Waals surface area contributed by atoms with Crippen molar-refractivity contribution < 1.29 is 33.5 Å². The third-order valence-corrected chi connectivity index (χ3v) is 4.19. The zero-order valence-electron chi connectivity index (χ0n) is 18.5. The van der Waals surface area contributed by atoms with Crippen molar-refractivity contribution in [3.63, 3.8) is 0 Å². The number of hydrogen-bond donors (Lipinski definition) is 1. The number of carbonyl (C=O) groups excluding carboxylic acids is 4. The van der Waals surface area contributed by atoms with E-state index < -0.39 is 40.6 Å². The number of hydrogen-bond acceptors (Lipinski definition) is 7. The summed E-state index contributed by atoms with van der Waals surface area (Å²) in [5.41, 5.74) is -1.73. The van der Waals surface area contributed by atoms with Crippen molar-refractivity contribution in [2.45, 2.75) is 97.3 Å². The molecule has 1 rings (SSSR count). The van der Waals surface area contributed by atoms with Gasteiger partial charge in [0.05, 0.1) is 12.0 Å². The minimum Gasteiger partial charge on any atom is -0.444 e. The average Bonchev–Trinajstić information content (AvgIpc) is 2.82. The van der Waals surface area contributed by atoms with Gasteiger partial charge in [0.1, 0.15) is 5.60 Å². The summed E-state index contributed by atoms with van der Waals surface area (Å²) in [7, 11) is 0. The van der Waals surface area contributed by atoms with Crippen LogP contribution in [0.2, 0.25) is 0 Å². The number of amides is 3. The molecule has 0 bridgehead atoms. The Morgan fingerprint density at radius 2 is 1.52 bits per heavy atom. The Hall–Kier alpha value is -2.16. The highest BCUT2D eigenvalue weighted by Gasteiger charge is 2.33. The van der Waals surface area contributed by atoms with Crippen molar-refractivity contribution in [3.05, 3.63) is 0 Å². The molecule has 9 nitrogen and oxygen atoms in total. The van der Waals surface area contributed by atoms with Crippen molar-refractivity contribution in [3.8, 4) is 0 Å². The number of nitrogens with one attached hydrogen (secondary N) is 1. The van der Waals surface area contributed by atoms with Crippen LogP contribution in [0.4, 0.5) is 4.79 Å². The molecule has 0 aromatic heterocycles. The number of alkyl carbamates (subject to hydrolysis) is 1. The molecule has 0 unspecified atom stereocenters. The van der Waals surface area contributed by atoms with Gasteiger partial charge in [0.15, 0.2) is 0 Å². The summed E-state index contributed by atoms with van der Waals surface area (Å²) in [6, 6.07) is 0. The van der Waals surface area contributed by atoms with Crippen LogP contribution in [0.5, 0.6) is 0 Å². The van der Waals surface area contributed by atoms with E-state index in [0.717, 1.165) is 0 Å². The number of nitrogens with zero attached hydrogens (tertiary/aromatic N) is 1. The molecule has 0 atom stereocenters. The molecule has 0 aromatic rings. The van der Waals surface area contributed by atoms with Crippen LogP contribution in [0.15, 0.2) is 0 Å². The average molecular weight is 414 g/mol. The fourth-order valence-electron chi connectivity index (χ4n) is 2.51. The molecule has 0 aromatic carbocycles. The van der Waals surface area contributed by atoms with E-state index in [0.29, 0.717) is 24.5 Å². The summed E-state index contributed by atoms with van der Waals surface area (Å²) in [6.45, 7) is 13.2. The molecule has 1 saturated heterocycles. The van der Waals surface area contributed by atoms with Crippen molar-refractivity contribution in [2.75, 3.05) is 6.61 Å². The summed E-state index contributed by atoms with van der Waals surface area (Å²) in [4.78, 5) is 51.6. The van der Waals surface area contributed by atoms with E-state index in [1.807, 2.05) is 27.7 Å². The Morgan fingerprint density at radius 1 is 0.966 bits per heavy atom. The van der Waals surface area contributed by atoms with Gasteiger partial charge in [-0.1, -0.05) is 0 Å². The lowest BCUT2D eigenvalue weighted by Crippen LogP contribution is -2.46. The largest absolute Gasteiger partial charge is 0.444 e. The highest BCUT2D eigenvalue weighted by atomic mass is 16.7. The van der Waals surface area contributed by atoms with Gasteiger partial charge in [-0.3, -0.25) is 9.59 Å². The first-order chi connectivity index (χ1) is 13.1. The Bertz CT molecular complexity index is 619. The van der Waals surface area contributed by atoms with Gasteiger partial charge in [-0.2, -0.15) is 0 Å². The van der Waals surface area contributed by atoms with Crippen LogP contribution in [-0.4, -0.2) is 52.3 Å². The summed E-state index contributed by atoms with van der Waals surface area (Å²) in [5.74, 6) is -1.66. The summed E-state index contributed by atoms with van der Waals surface area (Å²) in [5, 5.41) is 3.36. The molecule has 9 heteroatoms. The SMILES string of the molecule is CC(C)(CCOC(C)(C)CCC(=O)ON1C(=O)CCC1=O)NC(=O)OC(C)(C)C. The molecule has 1 heterocycles. The summed E-state index contributed by atoms with van der Waals surface area (Å²) < 4.78 is 11.1. The van der Waals surface area contributed by atoms with E-state index in [2.05, 4.69) is 5.32 Å². The lowest BCUT2D eigenvalue weighted by Gasteiger charge is -2.31. The van der Waals surface area contributed by atoms with Crippen molar-refractivity contribution >= 4 is 23.9 Å². The normalized spacial score (nSPS) is 15.5. The van der Waals surface area contributed by atoms with Crippen molar-refractivity contribution in [1.82, 2.24) is 10.4 Å². The third kappa shape index (κ3) is 9.74. The molecule has 29 heavy (non-hydrogen) atoms. The molecule has 0 radical (unpaired) electrons. The molecule has 0 aliphatic carbocycles. The first-order valence-electron chi connectivity index (χ1n) is 9.82. The number of carbonyl (C=O) groups is 4. The lowest BCUT2D eigenvalue weighted by atomic mass is 10.00. The van der Waals surface area contributed by atoms with E-state index in [4.69, 9.17) is 14.3 Å². The van der Waals surface area contributed by atoms with E-state index in [1.165, 1.54) is 0 Å². The van der Waals surface area contributed by atoms with E-state index in [9.17, 15) is 19.2 Å². The molecular weight excluding hydrogens is 380 g/mol. The van der Waals surface area contributed by atoms with Gasteiger partial charge in [-0.15, -0.1) is 5.06 Å². The number of rotatable bonds is 9. The molecule has 0 spiro atoms. The number of imide groups is 1. The monoisotopic (exact) mass is 414 g/mol. The Morgan fingerprint density at radius 3 is 2.03 bits per heavy atom. The fraction of sp³-hybridized carbons (Fsp3) is 0.800. The number of hydroxylamine groups is 2. The third-order valence-electron chi connectivity index (χ3n) is 4.19. The Kier molecular flexibility index (Phi) is 8.20. The van der Waals surface area contributed by atoms with Crippen LogP contribution in [0.25, 0.3) is 0 Å².